The predicted octanol–water partition coefficient (Wildman–Crippen LogP) is 0.0825. The third kappa shape index (κ3) is 2.44. The van der Waals surface area contributed by atoms with Crippen molar-refractivity contribution in [1.29, 1.82) is 5.26 Å². The summed E-state index contributed by atoms with van der Waals surface area (Å²) in [6.07, 6.45) is 0. The van der Waals surface area contributed by atoms with Gasteiger partial charge < -0.3 is 15.5 Å². The minimum absolute atomic E-state index is 0.00607. The number of rotatable bonds is 2. The summed E-state index contributed by atoms with van der Waals surface area (Å²) in [4.78, 5) is 13.9. The number of anilines is 1. The molecule has 0 saturated carbocycles. The van der Waals surface area contributed by atoms with Crippen LogP contribution < -0.4 is 15.5 Å². The molecule has 0 aromatic heterocycles. The zero-order chi connectivity index (χ0) is 13.0. The number of hydrogen-bond donors (Lipinski definition) is 2. The summed E-state index contributed by atoms with van der Waals surface area (Å²) in [7, 11) is 1.65. The average molecular weight is 244 g/mol. The lowest BCUT2D eigenvalue weighted by molar-refractivity contribution is -0.122. The highest BCUT2D eigenvalue weighted by molar-refractivity contribution is 5.85. The molecule has 0 radical (unpaired) electrons. The molecule has 5 nitrogen and oxygen atoms in total. The van der Waals surface area contributed by atoms with E-state index < -0.39 is 0 Å². The molecule has 2 N–H and O–H groups in total. The van der Waals surface area contributed by atoms with Gasteiger partial charge in [-0.25, -0.2) is 0 Å². The molecule has 1 saturated heterocycles. The molecule has 94 valence electrons. The molecule has 1 fully saturated rings. The Morgan fingerprint density at radius 3 is 2.83 bits per heavy atom. The summed E-state index contributed by atoms with van der Waals surface area (Å²) in [5.41, 5.74) is 1.61. The van der Waals surface area contributed by atoms with E-state index in [2.05, 4.69) is 21.6 Å². The molecule has 18 heavy (non-hydrogen) atoms. The fourth-order valence-electron chi connectivity index (χ4n) is 2.14. The van der Waals surface area contributed by atoms with Gasteiger partial charge in [0.15, 0.2) is 0 Å². The predicted molar refractivity (Wildman–Crippen MR) is 69.2 cm³/mol. The van der Waals surface area contributed by atoms with Gasteiger partial charge in [0, 0.05) is 32.4 Å². The zero-order valence-corrected chi connectivity index (χ0v) is 10.3. The fourth-order valence-corrected chi connectivity index (χ4v) is 2.14. The van der Waals surface area contributed by atoms with Crippen LogP contribution >= 0.6 is 0 Å². The first-order valence-corrected chi connectivity index (χ1v) is 5.95. The van der Waals surface area contributed by atoms with Crippen molar-refractivity contribution in [1.82, 2.24) is 10.6 Å². The molecule has 1 unspecified atom stereocenters. The first kappa shape index (κ1) is 12.4. The normalized spacial score (nSPS) is 19.1. The Kier molecular flexibility index (Phi) is 3.80. The third-order valence-corrected chi connectivity index (χ3v) is 3.12. The molecule has 1 heterocycles. The maximum atomic E-state index is 11.8. The lowest BCUT2D eigenvalue weighted by atomic mass is 10.1. The second-order valence-corrected chi connectivity index (χ2v) is 4.19. The Hall–Kier alpha value is -2.06. The number of carbonyl (C=O) groups excluding carboxylic acids is 1. The Morgan fingerprint density at radius 1 is 1.50 bits per heavy atom. The monoisotopic (exact) mass is 244 g/mol. The maximum Gasteiger partial charge on any atom is 0.243 e. The first-order valence-electron chi connectivity index (χ1n) is 5.95. The molecule has 1 aromatic carbocycles. The van der Waals surface area contributed by atoms with E-state index in [0.29, 0.717) is 12.1 Å². The number of likely N-dealkylation sites (N-methyl/N-ethyl adjacent to an activating group) is 1. The van der Waals surface area contributed by atoms with E-state index in [1.165, 1.54) is 0 Å². The second-order valence-electron chi connectivity index (χ2n) is 4.19. The summed E-state index contributed by atoms with van der Waals surface area (Å²) < 4.78 is 0. The largest absolute Gasteiger partial charge is 0.357 e. The SMILES string of the molecule is CNC(=O)C1CNCCN1c1ccc(C#N)cc1. The van der Waals surface area contributed by atoms with E-state index in [-0.39, 0.29) is 11.9 Å². The third-order valence-electron chi connectivity index (χ3n) is 3.12. The molecule has 1 aromatic rings. The van der Waals surface area contributed by atoms with Gasteiger partial charge in [0.25, 0.3) is 0 Å². The molecule has 2 rings (SSSR count). The van der Waals surface area contributed by atoms with Crippen LogP contribution in [0.2, 0.25) is 0 Å². The van der Waals surface area contributed by atoms with E-state index in [4.69, 9.17) is 5.26 Å². The van der Waals surface area contributed by atoms with Crippen LogP contribution in [0.3, 0.4) is 0 Å². The van der Waals surface area contributed by atoms with Crippen LogP contribution in [0.5, 0.6) is 0 Å². The minimum atomic E-state index is -0.198. The van der Waals surface area contributed by atoms with Crippen molar-refractivity contribution in [2.24, 2.45) is 0 Å². The smallest absolute Gasteiger partial charge is 0.243 e. The van der Waals surface area contributed by atoms with Crippen molar-refractivity contribution in [3.8, 4) is 6.07 Å². The highest BCUT2D eigenvalue weighted by Crippen LogP contribution is 2.19. The van der Waals surface area contributed by atoms with Crippen LogP contribution in [0.4, 0.5) is 5.69 Å². The standard InChI is InChI=1S/C13H16N4O/c1-15-13(18)12-9-16-6-7-17(12)11-4-2-10(8-14)3-5-11/h2-5,12,16H,6-7,9H2,1H3,(H,15,18). The molecule has 5 heteroatoms. The van der Waals surface area contributed by atoms with E-state index in [1.807, 2.05) is 12.1 Å². The molecule has 0 aliphatic carbocycles. The van der Waals surface area contributed by atoms with E-state index in [9.17, 15) is 4.79 Å². The molecule has 1 atom stereocenters. The molecular weight excluding hydrogens is 228 g/mol. The highest BCUT2D eigenvalue weighted by atomic mass is 16.2. The topological polar surface area (TPSA) is 68.2 Å². The van der Waals surface area contributed by atoms with Crippen LogP contribution in [-0.4, -0.2) is 38.6 Å². The Morgan fingerprint density at radius 2 is 2.22 bits per heavy atom. The van der Waals surface area contributed by atoms with E-state index in [1.54, 1.807) is 19.2 Å². The lowest BCUT2D eigenvalue weighted by Crippen LogP contribution is -2.57. The van der Waals surface area contributed by atoms with Gasteiger partial charge in [-0.1, -0.05) is 0 Å². The number of nitriles is 1. The number of nitrogens with zero attached hydrogens (tertiary/aromatic N) is 2. The molecule has 0 spiro atoms. The summed E-state index contributed by atoms with van der Waals surface area (Å²) in [5, 5.41) is 14.7. The first-order chi connectivity index (χ1) is 8.76. The Labute approximate surface area is 106 Å². The number of amides is 1. The van der Waals surface area contributed by atoms with Crippen LogP contribution in [-0.2, 0) is 4.79 Å². The van der Waals surface area contributed by atoms with Crippen molar-refractivity contribution in [2.75, 3.05) is 31.6 Å². The van der Waals surface area contributed by atoms with Gasteiger partial charge in [-0.05, 0) is 24.3 Å². The van der Waals surface area contributed by atoms with Gasteiger partial charge in [0.05, 0.1) is 11.6 Å². The molecule has 1 aliphatic rings. The second kappa shape index (κ2) is 5.52. The van der Waals surface area contributed by atoms with Gasteiger partial charge in [0.2, 0.25) is 5.91 Å². The zero-order valence-electron chi connectivity index (χ0n) is 10.3. The maximum absolute atomic E-state index is 11.8. The van der Waals surface area contributed by atoms with Crippen molar-refractivity contribution in [2.45, 2.75) is 6.04 Å². The highest BCUT2D eigenvalue weighted by Gasteiger charge is 2.27. The lowest BCUT2D eigenvalue weighted by Gasteiger charge is -2.36. The molecule has 0 bridgehead atoms. The van der Waals surface area contributed by atoms with Gasteiger partial charge in [-0.3, -0.25) is 4.79 Å². The van der Waals surface area contributed by atoms with Crippen LogP contribution in [0, 0.1) is 11.3 Å². The molecular formula is C13H16N4O. The summed E-state index contributed by atoms with van der Waals surface area (Å²) in [6.45, 7) is 2.27. The molecule has 1 amide bonds. The number of benzene rings is 1. The van der Waals surface area contributed by atoms with Crippen LogP contribution in [0.15, 0.2) is 24.3 Å². The van der Waals surface area contributed by atoms with E-state index in [0.717, 1.165) is 18.8 Å². The summed E-state index contributed by atoms with van der Waals surface area (Å²) >= 11 is 0. The fraction of sp³-hybridized carbons (Fsp3) is 0.385. The number of nitrogens with one attached hydrogen (secondary N) is 2. The Balaban J connectivity index is 2.22. The van der Waals surface area contributed by atoms with Crippen molar-refractivity contribution < 1.29 is 4.79 Å². The van der Waals surface area contributed by atoms with Crippen molar-refractivity contribution in [3.05, 3.63) is 29.8 Å². The summed E-state index contributed by atoms with van der Waals surface area (Å²) in [5.74, 6) is 0.00607. The molecule has 1 aliphatic heterocycles. The quantitative estimate of drug-likeness (QED) is 0.773. The Bertz CT molecular complexity index is 463. The van der Waals surface area contributed by atoms with Crippen molar-refractivity contribution in [3.63, 3.8) is 0 Å². The van der Waals surface area contributed by atoms with Gasteiger partial charge in [-0.2, -0.15) is 5.26 Å². The van der Waals surface area contributed by atoms with Crippen molar-refractivity contribution >= 4 is 11.6 Å². The number of piperazine rings is 1. The van der Waals surface area contributed by atoms with Crippen LogP contribution in [0.25, 0.3) is 0 Å². The minimum Gasteiger partial charge on any atom is -0.357 e. The number of hydrogen-bond acceptors (Lipinski definition) is 4. The van der Waals surface area contributed by atoms with Gasteiger partial charge in [-0.15, -0.1) is 0 Å². The van der Waals surface area contributed by atoms with Crippen LogP contribution in [0.1, 0.15) is 5.56 Å². The number of carbonyl (C=O) groups is 1. The summed E-state index contributed by atoms with van der Waals surface area (Å²) in [6, 6.07) is 9.22. The van der Waals surface area contributed by atoms with Gasteiger partial charge in [0.1, 0.15) is 6.04 Å². The van der Waals surface area contributed by atoms with Gasteiger partial charge >= 0.3 is 0 Å². The average Bonchev–Trinajstić information content (AvgIpc) is 2.46. The van der Waals surface area contributed by atoms with E-state index >= 15 is 0 Å².